The molecule has 0 unspecified atom stereocenters. The van der Waals surface area contributed by atoms with Crippen LogP contribution >= 0.6 is 0 Å². The molecule has 7 nitrogen and oxygen atoms in total. The van der Waals surface area contributed by atoms with Crippen LogP contribution in [-0.4, -0.2) is 32.9 Å². The van der Waals surface area contributed by atoms with Crippen molar-refractivity contribution < 1.29 is 0 Å². The second-order valence-corrected chi connectivity index (χ2v) is 16.8. The molecule has 0 radical (unpaired) electrons. The quantitative estimate of drug-likeness (QED) is 0.166. The van der Waals surface area contributed by atoms with Crippen molar-refractivity contribution in [3.8, 4) is 34.4 Å². The number of nitrogens with zero attached hydrogens (tertiary/aromatic N) is 7. The van der Waals surface area contributed by atoms with Gasteiger partial charge in [-0.05, 0) is 36.4 Å². The first-order valence-electron chi connectivity index (χ1n) is 21.7. The molecule has 0 atom stereocenters. The van der Waals surface area contributed by atoms with E-state index in [1.807, 2.05) is 36.4 Å². The molecule has 0 aliphatic carbocycles. The zero-order valence-electron chi connectivity index (χ0n) is 34.2. The van der Waals surface area contributed by atoms with Crippen molar-refractivity contribution in [2.75, 3.05) is 0 Å². The minimum absolute atomic E-state index is 0.573. The van der Waals surface area contributed by atoms with Gasteiger partial charge in [0.05, 0.1) is 55.2 Å². The summed E-state index contributed by atoms with van der Waals surface area (Å²) in [5.41, 5.74) is 14.5. The molecule has 0 aliphatic heterocycles. The summed E-state index contributed by atoms with van der Waals surface area (Å²) >= 11 is 0. The standard InChI is InChI=1S/C57H33N7/c1-4-16-34(17-5-1)55-58-56(35-18-6-2-7-19-35)60-57(59-55)64-46-27-13-11-23-38(46)42-31-33-44-40-25-15-28-47-50(40)63(53(44)54(42)64)48-29-14-24-39-43-32-30-41-37-22-10-12-26-45(37)61(36-20-8-3-9-21-36)51(41)52(43)62(47)49(39)48/h1-33H. The summed E-state index contributed by atoms with van der Waals surface area (Å²) in [7, 11) is 0. The van der Waals surface area contributed by atoms with Crippen LogP contribution in [0, 0.1) is 0 Å². The van der Waals surface area contributed by atoms with Crippen LogP contribution < -0.4 is 0 Å². The lowest BCUT2D eigenvalue weighted by Gasteiger charge is -2.14. The average molecular weight is 816 g/mol. The third kappa shape index (κ3) is 4.32. The van der Waals surface area contributed by atoms with Crippen LogP contribution in [0.5, 0.6) is 0 Å². The SMILES string of the molecule is c1ccc(-c2nc(-c3ccccc3)nc(-n3c4ccccc4c4ccc5c6cccc7c6n(c6cccc8c9ccc%10c%11ccccc%11n(-c%11ccccc%11)c%10c9n7c86)c5c43)n2)cc1. The number of hydrogen-bond donors (Lipinski definition) is 0. The smallest absolute Gasteiger partial charge is 0.238 e. The molecule has 6 aromatic heterocycles. The number of rotatable bonds is 4. The lowest BCUT2D eigenvalue weighted by atomic mass is 10.1. The molecular weight excluding hydrogens is 783 g/mol. The summed E-state index contributed by atoms with van der Waals surface area (Å²) in [6.07, 6.45) is 0. The summed E-state index contributed by atoms with van der Waals surface area (Å²) in [5.74, 6) is 1.82. The normalized spacial score (nSPS) is 12.4. The topological polar surface area (TPSA) is 57.4 Å². The summed E-state index contributed by atoms with van der Waals surface area (Å²) in [4.78, 5) is 15.7. The Morgan fingerprint density at radius 3 is 1.14 bits per heavy atom. The van der Waals surface area contributed by atoms with Gasteiger partial charge in [0, 0.05) is 59.9 Å². The lowest BCUT2D eigenvalue weighted by molar-refractivity contribution is 0.954. The first kappa shape index (κ1) is 33.9. The largest absolute Gasteiger partial charge is 0.307 e. The monoisotopic (exact) mass is 815 g/mol. The molecule has 0 spiro atoms. The van der Waals surface area contributed by atoms with E-state index >= 15 is 0 Å². The number of fused-ring (bicyclic) bond motifs is 16. The van der Waals surface area contributed by atoms with Crippen molar-refractivity contribution in [1.82, 2.24) is 32.9 Å². The number of benzene rings is 9. The predicted molar refractivity (Wildman–Crippen MR) is 262 cm³/mol. The van der Waals surface area contributed by atoms with Gasteiger partial charge in [0.2, 0.25) is 5.95 Å². The fraction of sp³-hybridized carbons (Fsp3) is 0. The lowest BCUT2D eigenvalue weighted by Crippen LogP contribution is -2.07. The van der Waals surface area contributed by atoms with Gasteiger partial charge in [-0.2, -0.15) is 9.97 Å². The zero-order valence-corrected chi connectivity index (χ0v) is 34.2. The molecule has 296 valence electrons. The molecule has 0 N–H and O–H groups in total. The first-order chi connectivity index (χ1) is 31.8. The van der Waals surface area contributed by atoms with Gasteiger partial charge < -0.3 is 13.4 Å². The van der Waals surface area contributed by atoms with Gasteiger partial charge in [-0.1, -0.05) is 164 Å². The van der Waals surface area contributed by atoms with E-state index in [0.717, 1.165) is 55.2 Å². The Labute approximate surface area is 364 Å². The molecule has 0 amide bonds. The van der Waals surface area contributed by atoms with Crippen molar-refractivity contribution in [2.45, 2.75) is 0 Å². The molecular formula is C57H33N7. The molecule has 6 heterocycles. The van der Waals surface area contributed by atoms with Crippen molar-refractivity contribution >= 4 is 98.3 Å². The number of hydrogen-bond acceptors (Lipinski definition) is 3. The molecule has 15 aromatic rings. The van der Waals surface area contributed by atoms with Gasteiger partial charge in [0.1, 0.15) is 0 Å². The van der Waals surface area contributed by atoms with E-state index in [1.165, 1.54) is 59.9 Å². The van der Waals surface area contributed by atoms with E-state index in [1.54, 1.807) is 0 Å². The van der Waals surface area contributed by atoms with Crippen molar-refractivity contribution in [3.05, 3.63) is 200 Å². The van der Waals surface area contributed by atoms with Crippen LogP contribution in [0.2, 0.25) is 0 Å². The highest BCUT2D eigenvalue weighted by molar-refractivity contribution is 6.30. The minimum atomic E-state index is 0.573. The van der Waals surface area contributed by atoms with Gasteiger partial charge in [0.25, 0.3) is 0 Å². The maximum Gasteiger partial charge on any atom is 0.238 e. The Kier molecular flexibility index (Phi) is 6.56. The Bertz CT molecular complexity index is 4350. The second-order valence-electron chi connectivity index (χ2n) is 16.8. The van der Waals surface area contributed by atoms with E-state index in [0.29, 0.717) is 17.6 Å². The molecule has 0 fully saturated rings. The Hall–Kier alpha value is -8.81. The molecule has 0 aliphatic rings. The fourth-order valence-corrected chi connectivity index (χ4v) is 11.0. The van der Waals surface area contributed by atoms with E-state index < -0.39 is 0 Å². The van der Waals surface area contributed by atoms with Gasteiger partial charge in [0.15, 0.2) is 11.6 Å². The first-order valence-corrected chi connectivity index (χ1v) is 21.7. The van der Waals surface area contributed by atoms with E-state index in [2.05, 4.69) is 182 Å². The average Bonchev–Trinajstić information content (AvgIpc) is 4.10. The highest BCUT2D eigenvalue weighted by Gasteiger charge is 2.27. The molecule has 15 rings (SSSR count). The molecule has 0 saturated heterocycles. The third-order valence-electron chi connectivity index (χ3n) is 13.5. The summed E-state index contributed by atoms with van der Waals surface area (Å²) in [6.45, 7) is 0. The van der Waals surface area contributed by atoms with Crippen molar-refractivity contribution in [2.24, 2.45) is 0 Å². The molecule has 64 heavy (non-hydrogen) atoms. The summed E-state index contributed by atoms with van der Waals surface area (Å²) in [5, 5.41) is 9.56. The number of aromatic nitrogens is 7. The molecule has 7 heteroatoms. The van der Waals surface area contributed by atoms with Crippen molar-refractivity contribution in [1.29, 1.82) is 0 Å². The fourth-order valence-electron chi connectivity index (χ4n) is 11.0. The van der Waals surface area contributed by atoms with E-state index in [4.69, 9.17) is 15.0 Å². The highest BCUT2D eigenvalue weighted by Crippen LogP contribution is 2.47. The predicted octanol–water partition coefficient (Wildman–Crippen LogP) is 14.0. The molecule has 0 saturated carbocycles. The number of para-hydroxylation sites is 5. The maximum atomic E-state index is 5.33. The third-order valence-corrected chi connectivity index (χ3v) is 13.5. The van der Waals surface area contributed by atoms with Gasteiger partial charge in [-0.25, -0.2) is 4.98 Å². The summed E-state index contributed by atoms with van der Waals surface area (Å²) in [6, 6.07) is 71.6. The zero-order chi connectivity index (χ0) is 41.6. The van der Waals surface area contributed by atoms with Crippen LogP contribution in [0.4, 0.5) is 0 Å². The minimum Gasteiger partial charge on any atom is -0.307 e. The Morgan fingerprint density at radius 1 is 0.250 bits per heavy atom. The molecule has 9 aromatic carbocycles. The summed E-state index contributed by atoms with van der Waals surface area (Å²) < 4.78 is 9.82. The van der Waals surface area contributed by atoms with Crippen LogP contribution in [0.15, 0.2) is 200 Å². The Balaban J connectivity index is 1.15. The van der Waals surface area contributed by atoms with Crippen LogP contribution in [0.1, 0.15) is 0 Å². The second kappa shape index (κ2) is 12.4. The van der Waals surface area contributed by atoms with E-state index in [-0.39, 0.29) is 0 Å². The Morgan fingerprint density at radius 2 is 0.625 bits per heavy atom. The van der Waals surface area contributed by atoms with Gasteiger partial charge >= 0.3 is 0 Å². The van der Waals surface area contributed by atoms with Gasteiger partial charge in [-0.3, -0.25) is 4.57 Å². The maximum absolute atomic E-state index is 5.33. The van der Waals surface area contributed by atoms with Crippen molar-refractivity contribution in [3.63, 3.8) is 0 Å². The van der Waals surface area contributed by atoms with Gasteiger partial charge in [-0.15, -0.1) is 0 Å². The van der Waals surface area contributed by atoms with Crippen LogP contribution in [-0.2, 0) is 0 Å². The van der Waals surface area contributed by atoms with Crippen LogP contribution in [0.25, 0.3) is 133 Å². The highest BCUT2D eigenvalue weighted by atomic mass is 15.2. The molecule has 0 bridgehead atoms. The van der Waals surface area contributed by atoms with E-state index in [9.17, 15) is 0 Å². The van der Waals surface area contributed by atoms with Crippen LogP contribution in [0.3, 0.4) is 0 Å².